The number of nitrogens with zero attached hydrogens (tertiary/aromatic N) is 1. The molecule has 9 nitrogen and oxygen atoms in total. The van der Waals surface area contributed by atoms with Gasteiger partial charge >= 0.3 is 0 Å². The topological polar surface area (TPSA) is 108 Å². The normalized spacial score (nSPS) is 18.3. The Kier molecular flexibility index (Phi) is 7.96. The standard InChI is InChI=1S/C32H33N3O6/c1-18-28(32(37)35-27-8-6-7-13-33-27)29(21-16-25(39-3)31(41-5)26(17-21)40-4)30-23(34-18)14-20(15-24(30)36)19-9-11-22(38-2)12-10-19/h6-13,16-17,20,29,34H,14-15H2,1-5H3,(H,33,35,37). The zero-order valence-electron chi connectivity index (χ0n) is 23.7. The molecule has 0 saturated carbocycles. The molecule has 0 saturated heterocycles. The molecule has 2 heterocycles. The van der Waals surface area contributed by atoms with Gasteiger partial charge in [-0.25, -0.2) is 4.98 Å². The number of nitrogens with one attached hydrogen (secondary N) is 2. The molecule has 0 radical (unpaired) electrons. The van der Waals surface area contributed by atoms with E-state index in [1.807, 2.05) is 31.2 Å². The second kappa shape index (κ2) is 11.8. The predicted molar refractivity (Wildman–Crippen MR) is 155 cm³/mol. The van der Waals surface area contributed by atoms with E-state index in [1.54, 1.807) is 43.6 Å². The van der Waals surface area contributed by atoms with Gasteiger partial charge in [0.25, 0.3) is 5.91 Å². The molecule has 0 bridgehead atoms. The van der Waals surface area contributed by atoms with Crippen molar-refractivity contribution in [3.05, 3.63) is 94.5 Å². The molecule has 1 aliphatic carbocycles. The third-order valence-electron chi connectivity index (χ3n) is 7.59. The predicted octanol–water partition coefficient (Wildman–Crippen LogP) is 5.12. The van der Waals surface area contributed by atoms with E-state index in [9.17, 15) is 9.59 Å². The summed E-state index contributed by atoms with van der Waals surface area (Å²) in [6, 6.07) is 16.7. The number of carbonyl (C=O) groups excluding carboxylic acids is 2. The number of benzene rings is 2. The number of ether oxygens (including phenoxy) is 4. The van der Waals surface area contributed by atoms with Crippen LogP contribution < -0.4 is 29.6 Å². The van der Waals surface area contributed by atoms with E-state index in [2.05, 4.69) is 15.6 Å². The van der Waals surface area contributed by atoms with E-state index in [0.717, 1.165) is 17.0 Å². The van der Waals surface area contributed by atoms with Crippen LogP contribution in [0.2, 0.25) is 0 Å². The molecular formula is C32H33N3O6. The lowest BCUT2D eigenvalue weighted by atomic mass is 9.71. The van der Waals surface area contributed by atoms with Gasteiger partial charge in [0.05, 0.1) is 28.4 Å². The Morgan fingerprint density at radius 1 is 0.902 bits per heavy atom. The van der Waals surface area contributed by atoms with Crippen molar-refractivity contribution < 1.29 is 28.5 Å². The van der Waals surface area contributed by atoms with Gasteiger partial charge in [-0.1, -0.05) is 18.2 Å². The SMILES string of the molecule is COc1ccc(C2CC(=O)C3=C(C2)NC(C)=C(C(=O)Nc2ccccn2)C3c2cc(OC)c(OC)c(OC)c2)cc1. The van der Waals surface area contributed by atoms with Gasteiger partial charge in [0.2, 0.25) is 5.75 Å². The zero-order chi connectivity index (χ0) is 29.1. The highest BCUT2D eigenvalue weighted by atomic mass is 16.5. The third kappa shape index (κ3) is 5.35. The number of hydrogen-bond acceptors (Lipinski definition) is 8. The number of ketones is 1. The number of aromatic nitrogens is 1. The van der Waals surface area contributed by atoms with E-state index in [4.69, 9.17) is 18.9 Å². The van der Waals surface area contributed by atoms with Crippen LogP contribution in [0.5, 0.6) is 23.0 Å². The molecule has 0 spiro atoms. The number of allylic oxidation sites excluding steroid dienone is 3. The van der Waals surface area contributed by atoms with Gasteiger partial charge < -0.3 is 29.6 Å². The minimum atomic E-state index is -0.673. The average Bonchev–Trinajstić information content (AvgIpc) is 2.99. The summed E-state index contributed by atoms with van der Waals surface area (Å²) < 4.78 is 22.1. The Morgan fingerprint density at radius 2 is 1.61 bits per heavy atom. The van der Waals surface area contributed by atoms with Gasteiger partial charge in [0, 0.05) is 41.1 Å². The Bertz CT molecular complexity index is 1500. The van der Waals surface area contributed by atoms with Crippen LogP contribution in [0.4, 0.5) is 5.82 Å². The summed E-state index contributed by atoms with van der Waals surface area (Å²) in [5, 5.41) is 6.31. The molecule has 3 aromatic rings. The smallest absolute Gasteiger partial charge is 0.255 e. The molecule has 9 heteroatoms. The monoisotopic (exact) mass is 555 g/mol. The van der Waals surface area contributed by atoms with Crippen LogP contribution in [-0.2, 0) is 9.59 Å². The van der Waals surface area contributed by atoms with Gasteiger partial charge in [0.15, 0.2) is 17.3 Å². The maximum atomic E-state index is 14.0. The number of methoxy groups -OCH3 is 4. The second-order valence-corrected chi connectivity index (χ2v) is 9.92. The molecule has 1 amide bonds. The van der Waals surface area contributed by atoms with Crippen LogP contribution in [0.3, 0.4) is 0 Å². The summed E-state index contributed by atoms with van der Waals surface area (Å²) in [7, 11) is 6.23. The minimum Gasteiger partial charge on any atom is -0.497 e. The Morgan fingerprint density at radius 3 is 2.20 bits per heavy atom. The lowest BCUT2D eigenvalue weighted by molar-refractivity contribution is -0.116. The molecular weight excluding hydrogens is 522 g/mol. The van der Waals surface area contributed by atoms with Gasteiger partial charge in [-0.3, -0.25) is 9.59 Å². The summed E-state index contributed by atoms with van der Waals surface area (Å²) in [5.41, 5.74) is 4.15. The summed E-state index contributed by atoms with van der Waals surface area (Å²) in [4.78, 5) is 32.1. The van der Waals surface area contributed by atoms with E-state index in [1.165, 1.54) is 21.3 Å². The highest BCUT2D eigenvalue weighted by molar-refractivity contribution is 6.09. The summed E-state index contributed by atoms with van der Waals surface area (Å²) >= 11 is 0. The first-order valence-corrected chi connectivity index (χ1v) is 13.3. The Hall–Kier alpha value is -4.79. The van der Waals surface area contributed by atoms with Crippen molar-refractivity contribution in [2.24, 2.45) is 0 Å². The minimum absolute atomic E-state index is 0.0167. The van der Waals surface area contributed by atoms with Gasteiger partial charge in [-0.15, -0.1) is 0 Å². The van der Waals surface area contributed by atoms with Crippen LogP contribution in [0.25, 0.3) is 0 Å². The van der Waals surface area contributed by atoms with Crippen molar-refractivity contribution in [1.82, 2.24) is 10.3 Å². The molecule has 2 aromatic carbocycles. The van der Waals surface area contributed by atoms with Crippen molar-refractivity contribution >= 4 is 17.5 Å². The largest absolute Gasteiger partial charge is 0.497 e. The fourth-order valence-corrected chi connectivity index (χ4v) is 5.67. The molecule has 212 valence electrons. The molecule has 5 rings (SSSR count). The lowest BCUT2D eigenvalue weighted by Crippen LogP contribution is -2.37. The molecule has 1 aliphatic heterocycles. The number of pyridine rings is 1. The number of carbonyl (C=O) groups is 2. The number of hydrogen-bond donors (Lipinski definition) is 2. The van der Waals surface area contributed by atoms with Crippen molar-refractivity contribution in [3.8, 4) is 23.0 Å². The van der Waals surface area contributed by atoms with E-state index in [0.29, 0.717) is 58.3 Å². The number of dihydropyridines is 1. The lowest BCUT2D eigenvalue weighted by Gasteiger charge is -2.37. The maximum Gasteiger partial charge on any atom is 0.255 e. The first kappa shape index (κ1) is 27.8. The molecule has 0 fully saturated rings. The van der Waals surface area contributed by atoms with Crippen LogP contribution in [0, 0.1) is 0 Å². The van der Waals surface area contributed by atoms with Crippen molar-refractivity contribution in [2.45, 2.75) is 31.6 Å². The van der Waals surface area contributed by atoms with Crippen molar-refractivity contribution in [1.29, 1.82) is 0 Å². The Labute approximate surface area is 239 Å². The molecule has 2 aliphatic rings. The summed E-state index contributed by atoms with van der Waals surface area (Å²) in [5.74, 6) is 1.39. The molecule has 2 atom stereocenters. The van der Waals surface area contributed by atoms with Crippen molar-refractivity contribution in [2.75, 3.05) is 33.8 Å². The number of rotatable bonds is 8. The fraction of sp³-hybridized carbons (Fsp3) is 0.281. The Balaban J connectivity index is 1.62. The van der Waals surface area contributed by atoms with Crippen molar-refractivity contribution in [3.63, 3.8) is 0 Å². The first-order chi connectivity index (χ1) is 19.9. The first-order valence-electron chi connectivity index (χ1n) is 13.3. The second-order valence-electron chi connectivity index (χ2n) is 9.92. The molecule has 1 aromatic heterocycles. The molecule has 2 unspecified atom stereocenters. The van der Waals surface area contributed by atoms with E-state index < -0.39 is 5.92 Å². The van der Waals surface area contributed by atoms with Gasteiger partial charge in [-0.05, 0) is 66.8 Å². The van der Waals surface area contributed by atoms with E-state index >= 15 is 0 Å². The summed E-state index contributed by atoms with van der Waals surface area (Å²) in [6.07, 6.45) is 2.53. The highest BCUT2D eigenvalue weighted by Gasteiger charge is 2.41. The number of amides is 1. The zero-order valence-corrected chi connectivity index (χ0v) is 23.7. The quantitative estimate of drug-likeness (QED) is 0.395. The van der Waals surface area contributed by atoms with Crippen LogP contribution in [-0.4, -0.2) is 45.1 Å². The van der Waals surface area contributed by atoms with E-state index in [-0.39, 0.29) is 17.6 Å². The van der Waals surface area contributed by atoms with Crippen LogP contribution in [0.1, 0.15) is 42.7 Å². The molecule has 2 N–H and O–H groups in total. The maximum absolute atomic E-state index is 14.0. The summed E-state index contributed by atoms with van der Waals surface area (Å²) in [6.45, 7) is 1.85. The molecule has 41 heavy (non-hydrogen) atoms. The third-order valence-corrected chi connectivity index (χ3v) is 7.59. The van der Waals surface area contributed by atoms with Gasteiger partial charge in [-0.2, -0.15) is 0 Å². The number of Topliss-reactive ketones (excluding diaryl/α,β-unsaturated/α-hetero) is 1. The highest BCUT2D eigenvalue weighted by Crippen LogP contribution is 2.49. The number of anilines is 1. The van der Waals surface area contributed by atoms with Crippen LogP contribution in [0.15, 0.2) is 83.3 Å². The fourth-order valence-electron chi connectivity index (χ4n) is 5.67. The van der Waals surface area contributed by atoms with Crippen LogP contribution >= 0.6 is 0 Å². The average molecular weight is 556 g/mol. The van der Waals surface area contributed by atoms with Gasteiger partial charge in [0.1, 0.15) is 11.6 Å².